The normalized spacial score (nSPS) is 16.8. The van der Waals surface area contributed by atoms with Crippen molar-refractivity contribution in [1.29, 1.82) is 0 Å². The maximum Gasteiger partial charge on any atom is 0.273 e. The van der Waals surface area contributed by atoms with Crippen LogP contribution in [0.1, 0.15) is 50.3 Å². The Morgan fingerprint density at radius 2 is 1.57 bits per heavy atom. The highest BCUT2D eigenvalue weighted by Gasteiger charge is 2.29. The van der Waals surface area contributed by atoms with Gasteiger partial charge in [0.05, 0.1) is 17.6 Å². The fraction of sp³-hybridized carbons (Fsp3) is 0.333. The molecular weight excluding hydrogens is 546 g/mol. The van der Waals surface area contributed by atoms with Gasteiger partial charge in [0.1, 0.15) is 17.1 Å². The van der Waals surface area contributed by atoms with Crippen LogP contribution in [-0.4, -0.2) is 89.4 Å². The Hall–Kier alpha value is -4.08. The Morgan fingerprint density at radius 3 is 2.33 bits per heavy atom. The molecule has 216 valence electrons. The van der Waals surface area contributed by atoms with Gasteiger partial charge in [0.15, 0.2) is 0 Å². The van der Waals surface area contributed by atoms with Crippen molar-refractivity contribution in [3.05, 3.63) is 94.1 Å². The number of hydrogen-bond acceptors (Lipinski definition) is 7. The summed E-state index contributed by atoms with van der Waals surface area (Å²) in [7, 11) is 1.61. The number of carbonyl (C=O) groups excluding carboxylic acids is 2. The summed E-state index contributed by atoms with van der Waals surface area (Å²) in [5.74, 6) is 0.830. The molecule has 6 rings (SSSR count). The first-order valence-corrected chi connectivity index (χ1v) is 15.4. The lowest BCUT2D eigenvalue weighted by Gasteiger charge is -2.33. The second-order valence-electron chi connectivity index (χ2n) is 10.8. The molecule has 2 amide bonds. The van der Waals surface area contributed by atoms with E-state index in [1.54, 1.807) is 24.5 Å². The predicted octanol–water partition coefficient (Wildman–Crippen LogP) is 5.19. The lowest BCUT2D eigenvalue weighted by molar-refractivity contribution is 0.0645. The Kier molecular flexibility index (Phi) is 8.58. The minimum Gasteiger partial charge on any atom is -0.496 e. The third-order valence-electron chi connectivity index (χ3n) is 8.12. The molecule has 0 unspecified atom stereocenters. The van der Waals surface area contributed by atoms with Gasteiger partial charge in [0.2, 0.25) is 0 Å². The van der Waals surface area contributed by atoms with Gasteiger partial charge in [0.25, 0.3) is 11.8 Å². The third-order valence-corrected chi connectivity index (χ3v) is 9.13. The Labute approximate surface area is 250 Å². The van der Waals surface area contributed by atoms with Gasteiger partial charge in [-0.25, -0.2) is 9.97 Å². The number of methoxy groups -OCH3 is 1. The number of pyridine rings is 1. The summed E-state index contributed by atoms with van der Waals surface area (Å²) < 4.78 is 5.53. The number of fused-ring (bicyclic) bond motifs is 1. The van der Waals surface area contributed by atoms with Crippen LogP contribution in [-0.2, 0) is 0 Å². The number of piperidine rings is 1. The molecule has 0 spiro atoms. The van der Waals surface area contributed by atoms with Gasteiger partial charge in [-0.2, -0.15) is 0 Å². The first kappa shape index (κ1) is 28.1. The lowest BCUT2D eigenvalue weighted by atomic mass is 9.97. The highest BCUT2D eigenvalue weighted by molar-refractivity contribution is 7.09. The summed E-state index contributed by atoms with van der Waals surface area (Å²) in [6.07, 6.45) is 5.96. The zero-order valence-electron chi connectivity index (χ0n) is 23.8. The molecule has 0 N–H and O–H groups in total. The standard InChI is InChI=1S/C33H35N5O3S/c1-41-30-22-28(34-27-12-6-5-11-26(27)30)32(39)37-16-13-25(14-17-37)31-35-29(23-42-31)33(40)38-20-18-36(19-21-38)15-7-10-24-8-3-2-4-9-24/h2-12,22-23,25H,13-21H2,1H3. The van der Waals surface area contributed by atoms with Crippen LogP contribution in [0.25, 0.3) is 17.0 Å². The van der Waals surface area contributed by atoms with Crippen LogP contribution >= 0.6 is 11.3 Å². The number of likely N-dealkylation sites (tertiary alicyclic amines) is 1. The van der Waals surface area contributed by atoms with Gasteiger partial charge < -0.3 is 14.5 Å². The van der Waals surface area contributed by atoms with Crippen LogP contribution < -0.4 is 4.74 Å². The quantitative estimate of drug-likeness (QED) is 0.299. The number of rotatable bonds is 7. The molecule has 8 nitrogen and oxygen atoms in total. The smallest absolute Gasteiger partial charge is 0.273 e. The molecule has 0 bridgehead atoms. The predicted molar refractivity (Wildman–Crippen MR) is 166 cm³/mol. The maximum absolute atomic E-state index is 13.3. The maximum atomic E-state index is 13.3. The molecule has 0 saturated carbocycles. The summed E-state index contributed by atoms with van der Waals surface area (Å²) >= 11 is 1.56. The zero-order chi connectivity index (χ0) is 28.9. The van der Waals surface area contributed by atoms with Crippen molar-refractivity contribution in [3.63, 3.8) is 0 Å². The van der Waals surface area contributed by atoms with Crippen LogP contribution in [0.2, 0.25) is 0 Å². The molecule has 0 atom stereocenters. The minimum atomic E-state index is -0.0813. The molecule has 2 fully saturated rings. The van der Waals surface area contributed by atoms with Crippen molar-refractivity contribution in [1.82, 2.24) is 24.7 Å². The van der Waals surface area contributed by atoms with Crippen molar-refractivity contribution in [2.24, 2.45) is 0 Å². The number of piperazine rings is 1. The van der Waals surface area contributed by atoms with E-state index < -0.39 is 0 Å². The molecule has 2 aliphatic heterocycles. The summed E-state index contributed by atoms with van der Waals surface area (Å²) in [4.78, 5) is 42.0. The molecule has 2 aliphatic rings. The molecule has 2 aromatic carbocycles. The number of para-hydroxylation sites is 1. The van der Waals surface area contributed by atoms with Crippen LogP contribution in [0.3, 0.4) is 0 Å². The van der Waals surface area contributed by atoms with Crippen molar-refractivity contribution in [2.75, 3.05) is 52.9 Å². The van der Waals surface area contributed by atoms with Crippen LogP contribution in [0, 0.1) is 0 Å². The molecule has 42 heavy (non-hydrogen) atoms. The van der Waals surface area contributed by atoms with E-state index in [1.807, 2.05) is 57.6 Å². The summed E-state index contributed by atoms with van der Waals surface area (Å²) in [6.45, 7) is 5.26. The average Bonchev–Trinajstić information content (AvgIpc) is 3.55. The summed E-state index contributed by atoms with van der Waals surface area (Å²) in [5, 5.41) is 3.78. The Balaban J connectivity index is 1.00. The Morgan fingerprint density at radius 1 is 0.881 bits per heavy atom. The lowest BCUT2D eigenvalue weighted by Crippen LogP contribution is -2.48. The monoisotopic (exact) mass is 581 g/mol. The SMILES string of the molecule is COc1cc(C(=O)N2CCC(c3nc(C(=O)N4CCN(CC=Cc5ccccc5)CC4)cs3)CC2)nc2ccccc12. The topological polar surface area (TPSA) is 78.9 Å². The first-order valence-electron chi connectivity index (χ1n) is 14.5. The summed E-state index contributed by atoms with van der Waals surface area (Å²) in [6, 6.07) is 19.7. The zero-order valence-corrected chi connectivity index (χ0v) is 24.6. The van der Waals surface area contributed by atoms with Crippen molar-refractivity contribution < 1.29 is 14.3 Å². The number of carbonyl (C=O) groups is 2. The molecule has 2 aromatic heterocycles. The van der Waals surface area contributed by atoms with E-state index in [-0.39, 0.29) is 17.7 Å². The van der Waals surface area contributed by atoms with E-state index in [0.717, 1.165) is 48.4 Å². The van der Waals surface area contributed by atoms with E-state index in [2.05, 4.69) is 34.2 Å². The first-order chi connectivity index (χ1) is 20.6. The molecule has 9 heteroatoms. The number of amides is 2. The number of aromatic nitrogens is 2. The average molecular weight is 582 g/mol. The van der Waals surface area contributed by atoms with Crippen molar-refractivity contribution >= 4 is 40.1 Å². The third kappa shape index (κ3) is 6.22. The second kappa shape index (κ2) is 12.8. The molecule has 2 saturated heterocycles. The van der Waals surface area contributed by atoms with E-state index in [0.29, 0.717) is 43.3 Å². The van der Waals surface area contributed by atoms with Gasteiger partial charge in [0, 0.05) is 68.6 Å². The highest BCUT2D eigenvalue weighted by Crippen LogP contribution is 2.32. The fourth-order valence-electron chi connectivity index (χ4n) is 5.68. The number of benzene rings is 2. The van der Waals surface area contributed by atoms with Crippen molar-refractivity contribution in [2.45, 2.75) is 18.8 Å². The van der Waals surface area contributed by atoms with Crippen LogP contribution in [0.4, 0.5) is 0 Å². The van der Waals surface area contributed by atoms with E-state index >= 15 is 0 Å². The van der Waals surface area contributed by atoms with Gasteiger partial charge >= 0.3 is 0 Å². The molecule has 4 aromatic rings. The van der Waals surface area contributed by atoms with E-state index in [1.165, 1.54) is 5.56 Å². The van der Waals surface area contributed by atoms with E-state index in [4.69, 9.17) is 9.72 Å². The highest BCUT2D eigenvalue weighted by atomic mass is 32.1. The molecule has 4 heterocycles. The summed E-state index contributed by atoms with van der Waals surface area (Å²) in [5.41, 5.74) is 2.89. The van der Waals surface area contributed by atoms with Crippen molar-refractivity contribution in [3.8, 4) is 5.75 Å². The second-order valence-corrected chi connectivity index (χ2v) is 11.7. The van der Waals surface area contributed by atoms with Crippen LogP contribution in [0.5, 0.6) is 5.75 Å². The Bertz CT molecular complexity index is 1570. The van der Waals surface area contributed by atoms with Gasteiger partial charge in [-0.1, -0.05) is 54.6 Å². The molecule has 0 aliphatic carbocycles. The van der Waals surface area contributed by atoms with Gasteiger partial charge in [-0.15, -0.1) is 11.3 Å². The largest absolute Gasteiger partial charge is 0.496 e. The number of hydrogen-bond donors (Lipinski definition) is 0. The van der Waals surface area contributed by atoms with E-state index in [9.17, 15) is 9.59 Å². The van der Waals surface area contributed by atoms with Crippen LogP contribution in [0.15, 0.2) is 72.1 Å². The number of ether oxygens (including phenoxy) is 1. The molecule has 0 radical (unpaired) electrons. The van der Waals surface area contributed by atoms with Gasteiger partial charge in [-0.05, 0) is 30.5 Å². The number of thiazole rings is 1. The molecular formula is C33H35N5O3S. The number of nitrogens with zero attached hydrogens (tertiary/aromatic N) is 5. The minimum absolute atomic E-state index is 0.0147. The van der Waals surface area contributed by atoms with Gasteiger partial charge in [-0.3, -0.25) is 14.5 Å². The fourth-order valence-corrected chi connectivity index (χ4v) is 6.65.